The van der Waals surface area contributed by atoms with E-state index in [1.807, 2.05) is 0 Å². The number of H-pyrrole nitrogens is 1. The van der Waals surface area contributed by atoms with Crippen LogP contribution in [0.15, 0.2) is 30.6 Å². The SMILES string of the molecule is COc1ccc(C(=O)N(C)Cc2ncn[nH]2)cc1. The van der Waals surface area contributed by atoms with Gasteiger partial charge in [0.05, 0.1) is 13.7 Å². The zero-order valence-corrected chi connectivity index (χ0v) is 10.3. The van der Waals surface area contributed by atoms with E-state index in [0.29, 0.717) is 17.9 Å². The molecule has 1 heterocycles. The summed E-state index contributed by atoms with van der Waals surface area (Å²) in [6.45, 7) is 0.394. The van der Waals surface area contributed by atoms with E-state index in [-0.39, 0.29) is 5.91 Å². The van der Waals surface area contributed by atoms with Gasteiger partial charge in [0, 0.05) is 12.6 Å². The van der Waals surface area contributed by atoms with E-state index >= 15 is 0 Å². The van der Waals surface area contributed by atoms with Gasteiger partial charge in [-0.15, -0.1) is 0 Å². The molecule has 1 N–H and O–H groups in total. The van der Waals surface area contributed by atoms with Crippen LogP contribution in [0.25, 0.3) is 0 Å². The molecule has 0 spiro atoms. The van der Waals surface area contributed by atoms with Crippen LogP contribution in [-0.2, 0) is 6.54 Å². The smallest absolute Gasteiger partial charge is 0.254 e. The fraction of sp³-hybridized carbons (Fsp3) is 0.250. The second-order valence-corrected chi connectivity index (χ2v) is 3.82. The molecule has 6 nitrogen and oxygen atoms in total. The van der Waals surface area contributed by atoms with Crippen molar-refractivity contribution in [3.8, 4) is 5.75 Å². The van der Waals surface area contributed by atoms with Gasteiger partial charge in [0.1, 0.15) is 17.9 Å². The molecular formula is C12H14N4O2. The molecule has 0 atom stereocenters. The van der Waals surface area contributed by atoms with E-state index in [1.165, 1.54) is 6.33 Å². The van der Waals surface area contributed by atoms with Gasteiger partial charge >= 0.3 is 0 Å². The fourth-order valence-corrected chi connectivity index (χ4v) is 1.56. The number of hydrogen-bond acceptors (Lipinski definition) is 4. The average molecular weight is 246 g/mol. The summed E-state index contributed by atoms with van der Waals surface area (Å²) >= 11 is 0. The van der Waals surface area contributed by atoms with E-state index in [9.17, 15) is 4.79 Å². The summed E-state index contributed by atoms with van der Waals surface area (Å²) in [7, 11) is 3.31. The molecule has 6 heteroatoms. The van der Waals surface area contributed by atoms with Crippen LogP contribution >= 0.6 is 0 Å². The van der Waals surface area contributed by atoms with Gasteiger partial charge in [-0.2, -0.15) is 5.10 Å². The monoisotopic (exact) mass is 246 g/mol. The minimum atomic E-state index is -0.0750. The van der Waals surface area contributed by atoms with Crippen LogP contribution in [0.1, 0.15) is 16.2 Å². The Morgan fingerprint density at radius 1 is 1.39 bits per heavy atom. The fourth-order valence-electron chi connectivity index (χ4n) is 1.56. The lowest BCUT2D eigenvalue weighted by Crippen LogP contribution is -2.26. The van der Waals surface area contributed by atoms with Gasteiger partial charge in [-0.1, -0.05) is 0 Å². The second kappa shape index (κ2) is 5.31. The summed E-state index contributed by atoms with van der Waals surface area (Å²) in [6, 6.07) is 6.99. The first-order chi connectivity index (χ1) is 8.70. The van der Waals surface area contributed by atoms with Crippen molar-refractivity contribution < 1.29 is 9.53 Å². The molecule has 94 valence electrons. The molecular weight excluding hydrogens is 232 g/mol. The molecule has 18 heavy (non-hydrogen) atoms. The Morgan fingerprint density at radius 2 is 2.11 bits per heavy atom. The molecule has 1 aromatic carbocycles. The number of ether oxygens (including phenoxy) is 1. The Kier molecular flexibility index (Phi) is 3.57. The molecule has 0 saturated carbocycles. The molecule has 0 saturated heterocycles. The summed E-state index contributed by atoms with van der Waals surface area (Å²) in [5.41, 5.74) is 0.609. The first-order valence-corrected chi connectivity index (χ1v) is 5.44. The average Bonchev–Trinajstić information content (AvgIpc) is 2.91. The number of benzene rings is 1. The largest absolute Gasteiger partial charge is 0.497 e. The standard InChI is InChI=1S/C12H14N4O2/c1-16(7-11-13-8-14-15-11)12(17)9-3-5-10(18-2)6-4-9/h3-6,8H,7H2,1-2H3,(H,13,14,15). The third-order valence-corrected chi connectivity index (χ3v) is 2.54. The zero-order valence-electron chi connectivity index (χ0n) is 10.3. The maximum Gasteiger partial charge on any atom is 0.254 e. The molecule has 0 aliphatic heterocycles. The highest BCUT2D eigenvalue weighted by molar-refractivity contribution is 5.94. The van der Waals surface area contributed by atoms with Crippen LogP contribution < -0.4 is 4.74 Å². The highest BCUT2D eigenvalue weighted by atomic mass is 16.5. The molecule has 0 aliphatic rings. The molecule has 1 amide bonds. The number of amides is 1. The number of nitrogens with one attached hydrogen (secondary N) is 1. The molecule has 0 unspecified atom stereocenters. The maximum atomic E-state index is 12.1. The van der Waals surface area contributed by atoms with Gasteiger partial charge in [-0.05, 0) is 24.3 Å². The number of carbonyl (C=O) groups excluding carboxylic acids is 1. The minimum absolute atomic E-state index is 0.0750. The molecule has 2 aromatic rings. The Balaban J connectivity index is 2.05. The molecule has 2 rings (SSSR count). The normalized spacial score (nSPS) is 10.1. The highest BCUT2D eigenvalue weighted by Crippen LogP contribution is 2.13. The Bertz CT molecular complexity index is 507. The molecule has 1 aromatic heterocycles. The second-order valence-electron chi connectivity index (χ2n) is 3.82. The lowest BCUT2D eigenvalue weighted by Gasteiger charge is -2.15. The van der Waals surface area contributed by atoms with Crippen LogP contribution in [0, 0.1) is 0 Å². The van der Waals surface area contributed by atoms with E-state index < -0.39 is 0 Å². The van der Waals surface area contributed by atoms with Crippen LogP contribution in [0.5, 0.6) is 5.75 Å². The number of hydrogen-bond donors (Lipinski definition) is 1. The molecule has 0 aliphatic carbocycles. The number of nitrogens with zero attached hydrogens (tertiary/aromatic N) is 3. The first-order valence-electron chi connectivity index (χ1n) is 5.44. The van der Waals surface area contributed by atoms with Crippen molar-refractivity contribution in [2.24, 2.45) is 0 Å². The van der Waals surface area contributed by atoms with Crippen molar-refractivity contribution in [3.63, 3.8) is 0 Å². The van der Waals surface area contributed by atoms with E-state index in [2.05, 4.69) is 15.2 Å². The van der Waals surface area contributed by atoms with Crippen molar-refractivity contribution in [3.05, 3.63) is 42.0 Å². The number of aromatic amines is 1. The third kappa shape index (κ3) is 2.65. The number of methoxy groups -OCH3 is 1. The Labute approximate surface area is 105 Å². The number of carbonyl (C=O) groups is 1. The van der Waals surface area contributed by atoms with E-state index in [1.54, 1.807) is 43.3 Å². The van der Waals surface area contributed by atoms with Crippen molar-refractivity contribution >= 4 is 5.91 Å². The summed E-state index contributed by atoms with van der Waals surface area (Å²) in [4.78, 5) is 17.6. The predicted molar refractivity (Wildman–Crippen MR) is 65.2 cm³/mol. The molecule has 0 radical (unpaired) electrons. The van der Waals surface area contributed by atoms with Crippen molar-refractivity contribution in [2.75, 3.05) is 14.2 Å². The number of aromatic nitrogens is 3. The lowest BCUT2D eigenvalue weighted by molar-refractivity contribution is 0.0781. The van der Waals surface area contributed by atoms with Crippen LogP contribution in [-0.4, -0.2) is 40.1 Å². The van der Waals surface area contributed by atoms with Gasteiger partial charge in [-0.25, -0.2) is 4.98 Å². The highest BCUT2D eigenvalue weighted by Gasteiger charge is 2.12. The van der Waals surface area contributed by atoms with Crippen LogP contribution in [0.3, 0.4) is 0 Å². The van der Waals surface area contributed by atoms with Crippen molar-refractivity contribution in [1.82, 2.24) is 20.1 Å². The van der Waals surface area contributed by atoms with E-state index in [0.717, 1.165) is 5.75 Å². The number of rotatable bonds is 4. The van der Waals surface area contributed by atoms with E-state index in [4.69, 9.17) is 4.74 Å². The third-order valence-electron chi connectivity index (χ3n) is 2.54. The van der Waals surface area contributed by atoms with Crippen molar-refractivity contribution in [2.45, 2.75) is 6.54 Å². The van der Waals surface area contributed by atoms with Gasteiger partial charge < -0.3 is 9.64 Å². The van der Waals surface area contributed by atoms with Gasteiger partial charge in [0.25, 0.3) is 5.91 Å². The maximum absolute atomic E-state index is 12.1. The van der Waals surface area contributed by atoms with Gasteiger partial charge in [-0.3, -0.25) is 9.89 Å². The molecule has 0 fully saturated rings. The topological polar surface area (TPSA) is 71.1 Å². The van der Waals surface area contributed by atoms with Crippen LogP contribution in [0.4, 0.5) is 0 Å². The quantitative estimate of drug-likeness (QED) is 0.876. The first kappa shape index (κ1) is 12.1. The minimum Gasteiger partial charge on any atom is -0.497 e. The van der Waals surface area contributed by atoms with Crippen molar-refractivity contribution in [1.29, 1.82) is 0 Å². The lowest BCUT2D eigenvalue weighted by atomic mass is 10.2. The van der Waals surface area contributed by atoms with Gasteiger partial charge in [0.2, 0.25) is 0 Å². The molecule has 0 bridgehead atoms. The summed E-state index contributed by atoms with van der Waals surface area (Å²) in [5.74, 6) is 1.30. The van der Waals surface area contributed by atoms with Gasteiger partial charge in [0.15, 0.2) is 0 Å². The zero-order chi connectivity index (χ0) is 13.0. The summed E-state index contributed by atoms with van der Waals surface area (Å²) in [5, 5.41) is 6.46. The summed E-state index contributed by atoms with van der Waals surface area (Å²) < 4.78 is 5.05. The predicted octanol–water partition coefficient (Wildman–Crippen LogP) is 1.09. The summed E-state index contributed by atoms with van der Waals surface area (Å²) in [6.07, 6.45) is 1.42. The van der Waals surface area contributed by atoms with Crippen LogP contribution in [0.2, 0.25) is 0 Å². The Hall–Kier alpha value is -2.37. The Morgan fingerprint density at radius 3 is 2.67 bits per heavy atom.